The summed E-state index contributed by atoms with van der Waals surface area (Å²) in [5.74, 6) is 0.476. The third-order valence-electron chi connectivity index (χ3n) is 3.97. The topological polar surface area (TPSA) is 86.2 Å². The maximum absolute atomic E-state index is 13.0. The van der Waals surface area contributed by atoms with Gasteiger partial charge in [0.15, 0.2) is 12.0 Å². The first-order valence-electron chi connectivity index (χ1n) is 8.84. The molecular weight excluding hydrogens is 360 g/mol. The molecule has 0 heterocycles. The Bertz CT molecular complexity index is 821. The second-order valence-electron chi connectivity index (χ2n) is 5.84. The van der Waals surface area contributed by atoms with E-state index < -0.39 is 6.23 Å². The molecule has 0 bridgehead atoms. The molecule has 0 fully saturated rings. The van der Waals surface area contributed by atoms with Crippen LogP contribution >= 0.6 is 0 Å². The molecule has 1 atom stereocenters. The standard InChI is InChI=1S/C21H24N2O5/c1-4-28-20(22-25)14-17(23-27-3)12-16-13-18(26-2)10-11-19(16)21(24)15-8-6-5-7-9-15/h5-13,20,23H,4,14H2,1-3H3. The van der Waals surface area contributed by atoms with E-state index in [0.717, 1.165) is 0 Å². The van der Waals surface area contributed by atoms with Crippen LogP contribution in [0.25, 0.3) is 6.08 Å². The smallest absolute Gasteiger partial charge is 0.194 e. The molecule has 7 nitrogen and oxygen atoms in total. The van der Waals surface area contributed by atoms with E-state index in [4.69, 9.17) is 14.3 Å². The molecule has 1 N–H and O–H groups in total. The fraction of sp³-hybridized carbons (Fsp3) is 0.286. The zero-order chi connectivity index (χ0) is 20.4. The molecule has 0 spiro atoms. The lowest BCUT2D eigenvalue weighted by Crippen LogP contribution is -2.19. The first-order chi connectivity index (χ1) is 13.6. The van der Waals surface area contributed by atoms with Crippen molar-refractivity contribution < 1.29 is 19.1 Å². The van der Waals surface area contributed by atoms with Crippen molar-refractivity contribution in [2.24, 2.45) is 5.18 Å². The molecule has 7 heteroatoms. The van der Waals surface area contributed by atoms with E-state index in [9.17, 15) is 9.70 Å². The van der Waals surface area contributed by atoms with Gasteiger partial charge in [-0.25, -0.2) is 0 Å². The Morgan fingerprint density at radius 2 is 1.93 bits per heavy atom. The van der Waals surface area contributed by atoms with E-state index in [0.29, 0.717) is 34.7 Å². The van der Waals surface area contributed by atoms with Gasteiger partial charge in [-0.15, -0.1) is 4.91 Å². The number of nitrogens with zero attached hydrogens (tertiary/aromatic N) is 1. The monoisotopic (exact) mass is 384 g/mol. The second-order valence-corrected chi connectivity index (χ2v) is 5.84. The van der Waals surface area contributed by atoms with Gasteiger partial charge in [0.2, 0.25) is 0 Å². The number of hydrogen-bond acceptors (Lipinski definition) is 7. The average Bonchev–Trinajstić information content (AvgIpc) is 2.73. The lowest BCUT2D eigenvalue weighted by Gasteiger charge is -2.14. The normalized spacial score (nSPS) is 12.3. The number of hydroxylamine groups is 1. The summed E-state index contributed by atoms with van der Waals surface area (Å²) in [5, 5.41) is 2.98. The van der Waals surface area contributed by atoms with Crippen LogP contribution in [0.1, 0.15) is 34.8 Å². The molecule has 0 aliphatic rings. The quantitative estimate of drug-likeness (QED) is 0.359. The highest BCUT2D eigenvalue weighted by Gasteiger charge is 2.16. The number of carbonyl (C=O) groups is 1. The van der Waals surface area contributed by atoms with Crippen molar-refractivity contribution >= 4 is 11.9 Å². The first-order valence-corrected chi connectivity index (χ1v) is 8.84. The Kier molecular flexibility index (Phi) is 8.33. The average molecular weight is 384 g/mol. The molecule has 0 saturated heterocycles. The van der Waals surface area contributed by atoms with Crippen molar-refractivity contribution in [3.8, 4) is 5.75 Å². The number of benzene rings is 2. The molecule has 2 rings (SSSR count). The van der Waals surface area contributed by atoms with E-state index in [2.05, 4.69) is 10.7 Å². The largest absolute Gasteiger partial charge is 0.497 e. The SMILES string of the molecule is CCOC(CC(=Cc1cc(OC)ccc1C(=O)c1ccccc1)NOC)N=O. The number of hydrogen-bond donors (Lipinski definition) is 1. The minimum Gasteiger partial charge on any atom is -0.497 e. The van der Waals surface area contributed by atoms with Crippen molar-refractivity contribution in [2.75, 3.05) is 20.8 Å². The summed E-state index contributed by atoms with van der Waals surface area (Å²) < 4.78 is 10.6. The number of carbonyl (C=O) groups excluding carboxylic acids is 1. The Morgan fingerprint density at radius 1 is 1.18 bits per heavy atom. The highest BCUT2D eigenvalue weighted by Crippen LogP contribution is 2.24. The van der Waals surface area contributed by atoms with Crippen LogP contribution in [0, 0.1) is 4.91 Å². The van der Waals surface area contributed by atoms with Gasteiger partial charge < -0.3 is 9.47 Å². The third kappa shape index (κ3) is 5.73. The molecule has 2 aromatic carbocycles. The van der Waals surface area contributed by atoms with Gasteiger partial charge in [-0.1, -0.05) is 30.3 Å². The van der Waals surface area contributed by atoms with Crippen LogP contribution in [-0.2, 0) is 9.57 Å². The van der Waals surface area contributed by atoms with Gasteiger partial charge in [0, 0.05) is 29.9 Å². The molecule has 148 valence electrons. The Morgan fingerprint density at radius 3 is 2.54 bits per heavy atom. The summed E-state index contributed by atoms with van der Waals surface area (Å²) in [6.07, 6.45) is 1.03. The summed E-state index contributed by atoms with van der Waals surface area (Å²) >= 11 is 0. The minimum atomic E-state index is -0.863. The first kappa shape index (κ1) is 21.3. The molecule has 0 radical (unpaired) electrons. The van der Waals surface area contributed by atoms with Crippen LogP contribution in [0.3, 0.4) is 0 Å². The van der Waals surface area contributed by atoms with Crippen LogP contribution in [0.15, 0.2) is 59.4 Å². The van der Waals surface area contributed by atoms with Gasteiger partial charge >= 0.3 is 0 Å². The minimum absolute atomic E-state index is 0.124. The molecule has 2 aromatic rings. The van der Waals surface area contributed by atoms with Gasteiger partial charge in [-0.05, 0) is 41.9 Å². The molecule has 0 aliphatic carbocycles. The molecule has 0 aromatic heterocycles. The Hall–Kier alpha value is -3.03. The summed E-state index contributed by atoms with van der Waals surface area (Å²) in [5.41, 5.74) is 4.95. The number of nitrogens with one attached hydrogen (secondary N) is 1. The van der Waals surface area contributed by atoms with Crippen LogP contribution in [-0.4, -0.2) is 32.8 Å². The second kappa shape index (κ2) is 11.0. The van der Waals surface area contributed by atoms with E-state index in [1.54, 1.807) is 50.4 Å². The Labute approximate surface area is 164 Å². The third-order valence-corrected chi connectivity index (χ3v) is 3.97. The molecule has 28 heavy (non-hydrogen) atoms. The van der Waals surface area contributed by atoms with Gasteiger partial charge in [0.25, 0.3) is 0 Å². The molecule has 0 amide bonds. The lowest BCUT2D eigenvalue weighted by atomic mass is 9.97. The summed E-state index contributed by atoms with van der Waals surface area (Å²) in [6.45, 7) is 2.14. The molecule has 1 unspecified atom stereocenters. The summed E-state index contributed by atoms with van der Waals surface area (Å²) in [7, 11) is 3.01. The maximum Gasteiger partial charge on any atom is 0.194 e. The maximum atomic E-state index is 13.0. The number of ketones is 1. The highest BCUT2D eigenvalue weighted by molar-refractivity contribution is 6.11. The van der Waals surface area contributed by atoms with Crippen LogP contribution < -0.4 is 10.2 Å². The van der Waals surface area contributed by atoms with Crippen LogP contribution in [0.4, 0.5) is 0 Å². The predicted molar refractivity (Wildman–Crippen MR) is 107 cm³/mol. The van der Waals surface area contributed by atoms with Crippen molar-refractivity contribution in [1.29, 1.82) is 0 Å². The van der Waals surface area contributed by atoms with E-state index >= 15 is 0 Å². The highest BCUT2D eigenvalue weighted by atomic mass is 16.6. The van der Waals surface area contributed by atoms with E-state index in [1.165, 1.54) is 7.11 Å². The van der Waals surface area contributed by atoms with Crippen LogP contribution in [0.2, 0.25) is 0 Å². The number of ether oxygens (including phenoxy) is 2. The zero-order valence-corrected chi connectivity index (χ0v) is 16.2. The number of methoxy groups -OCH3 is 1. The summed E-state index contributed by atoms with van der Waals surface area (Å²) in [4.78, 5) is 29.0. The number of rotatable bonds is 11. The van der Waals surface area contributed by atoms with Crippen molar-refractivity contribution in [3.63, 3.8) is 0 Å². The van der Waals surface area contributed by atoms with E-state index in [1.807, 2.05) is 18.2 Å². The van der Waals surface area contributed by atoms with Gasteiger partial charge in [0.05, 0.1) is 14.2 Å². The molecule has 0 saturated carbocycles. The lowest BCUT2D eigenvalue weighted by molar-refractivity contribution is 0.0557. The van der Waals surface area contributed by atoms with Crippen molar-refractivity contribution in [2.45, 2.75) is 19.6 Å². The van der Waals surface area contributed by atoms with Gasteiger partial charge in [0.1, 0.15) is 5.75 Å². The van der Waals surface area contributed by atoms with Gasteiger partial charge in [-0.2, -0.15) is 0 Å². The zero-order valence-electron chi connectivity index (χ0n) is 16.2. The van der Waals surface area contributed by atoms with Gasteiger partial charge in [-0.3, -0.25) is 15.1 Å². The number of nitroso groups, excluding NO2 is 1. The fourth-order valence-corrected chi connectivity index (χ4v) is 2.70. The van der Waals surface area contributed by atoms with Crippen LogP contribution in [0.5, 0.6) is 5.75 Å². The van der Waals surface area contributed by atoms with Crippen molar-refractivity contribution in [3.05, 3.63) is 75.8 Å². The molecular formula is C21H24N2O5. The van der Waals surface area contributed by atoms with Crippen molar-refractivity contribution in [1.82, 2.24) is 5.48 Å². The Balaban J connectivity index is 2.46. The fourth-order valence-electron chi connectivity index (χ4n) is 2.70. The van der Waals surface area contributed by atoms with E-state index in [-0.39, 0.29) is 12.2 Å². The molecule has 0 aliphatic heterocycles. The summed E-state index contributed by atoms with van der Waals surface area (Å²) in [6, 6.07) is 14.2. The predicted octanol–water partition coefficient (Wildman–Crippen LogP) is 3.94.